The van der Waals surface area contributed by atoms with E-state index in [2.05, 4.69) is 5.32 Å². The molecule has 25 heavy (non-hydrogen) atoms. The predicted molar refractivity (Wildman–Crippen MR) is 98.1 cm³/mol. The summed E-state index contributed by atoms with van der Waals surface area (Å²) in [7, 11) is 2.99. The summed E-state index contributed by atoms with van der Waals surface area (Å²) in [6.45, 7) is 0.160. The Morgan fingerprint density at radius 2 is 1.88 bits per heavy atom. The number of ether oxygens (including phenoxy) is 3. The number of anilines is 1. The van der Waals surface area contributed by atoms with Crippen molar-refractivity contribution in [3.8, 4) is 17.2 Å². The van der Waals surface area contributed by atoms with Gasteiger partial charge in [0.2, 0.25) is 0 Å². The first-order valence-corrected chi connectivity index (χ1v) is 8.13. The zero-order chi connectivity index (χ0) is 18.0. The van der Waals surface area contributed by atoms with Gasteiger partial charge in [0.15, 0.2) is 0 Å². The van der Waals surface area contributed by atoms with Crippen LogP contribution in [0.4, 0.5) is 5.69 Å². The van der Waals surface area contributed by atoms with Gasteiger partial charge in [-0.05, 0) is 24.3 Å². The van der Waals surface area contributed by atoms with Crippen LogP contribution in [0, 0.1) is 0 Å². The second kappa shape index (κ2) is 7.25. The quantitative estimate of drug-likeness (QED) is 0.853. The minimum atomic E-state index is -0.312. The third-order valence-electron chi connectivity index (χ3n) is 3.70. The lowest BCUT2D eigenvalue weighted by atomic mass is 10.1. The van der Waals surface area contributed by atoms with Crippen molar-refractivity contribution < 1.29 is 19.0 Å². The summed E-state index contributed by atoms with van der Waals surface area (Å²) < 4.78 is 16.0. The number of rotatable bonds is 4. The van der Waals surface area contributed by atoms with E-state index in [0.29, 0.717) is 38.6 Å². The average molecular weight is 380 g/mol. The molecule has 5 nitrogen and oxygen atoms in total. The van der Waals surface area contributed by atoms with Crippen LogP contribution in [0.15, 0.2) is 35.9 Å². The first-order valence-electron chi connectivity index (χ1n) is 7.37. The third-order valence-corrected chi connectivity index (χ3v) is 4.23. The molecule has 1 amide bonds. The molecule has 0 atom stereocenters. The summed E-state index contributed by atoms with van der Waals surface area (Å²) in [5.74, 6) is 1.24. The minimum absolute atomic E-state index is 0.160. The molecule has 1 heterocycles. The number of halogens is 2. The Bertz CT molecular complexity index is 864. The van der Waals surface area contributed by atoms with E-state index in [-0.39, 0.29) is 12.5 Å². The van der Waals surface area contributed by atoms with Gasteiger partial charge < -0.3 is 19.5 Å². The Morgan fingerprint density at radius 1 is 1.12 bits per heavy atom. The molecule has 0 spiro atoms. The number of carbonyl (C=O) groups excluding carboxylic acids is 1. The highest BCUT2D eigenvalue weighted by Gasteiger charge is 2.19. The monoisotopic (exact) mass is 379 g/mol. The van der Waals surface area contributed by atoms with Crippen LogP contribution in [0.2, 0.25) is 10.0 Å². The first-order chi connectivity index (χ1) is 12.0. The van der Waals surface area contributed by atoms with Crippen LogP contribution in [0.1, 0.15) is 5.56 Å². The highest BCUT2D eigenvalue weighted by atomic mass is 35.5. The van der Waals surface area contributed by atoms with Crippen molar-refractivity contribution >= 4 is 40.9 Å². The summed E-state index contributed by atoms with van der Waals surface area (Å²) in [5, 5.41) is 3.76. The SMILES string of the molecule is COc1cc(NC(=O)C2=Cc3cc(Cl)ccc3OC2)c(OC)cc1Cl. The van der Waals surface area contributed by atoms with E-state index in [0.717, 1.165) is 5.56 Å². The van der Waals surface area contributed by atoms with Gasteiger partial charge in [0.05, 0.1) is 30.5 Å². The molecule has 1 N–H and O–H groups in total. The predicted octanol–water partition coefficient (Wildman–Crippen LogP) is 4.43. The third kappa shape index (κ3) is 3.67. The molecule has 2 aromatic carbocycles. The number of carbonyl (C=O) groups is 1. The fraction of sp³-hybridized carbons (Fsp3) is 0.167. The molecule has 0 saturated heterocycles. The average Bonchev–Trinajstić information content (AvgIpc) is 2.61. The van der Waals surface area contributed by atoms with E-state index in [4.69, 9.17) is 37.4 Å². The van der Waals surface area contributed by atoms with E-state index in [9.17, 15) is 4.79 Å². The molecule has 2 aromatic rings. The molecule has 0 radical (unpaired) electrons. The van der Waals surface area contributed by atoms with Crippen molar-refractivity contribution in [1.82, 2.24) is 0 Å². The summed E-state index contributed by atoms with van der Waals surface area (Å²) in [4.78, 5) is 12.6. The van der Waals surface area contributed by atoms with Gasteiger partial charge >= 0.3 is 0 Å². The summed E-state index contributed by atoms with van der Waals surface area (Å²) in [6, 6.07) is 8.44. The van der Waals surface area contributed by atoms with Crippen LogP contribution in [0.3, 0.4) is 0 Å². The molecule has 0 aromatic heterocycles. The molecule has 0 aliphatic carbocycles. The normalized spacial score (nSPS) is 12.6. The van der Waals surface area contributed by atoms with Crippen molar-refractivity contribution in [3.05, 3.63) is 51.5 Å². The second-order valence-corrected chi connectivity index (χ2v) is 6.13. The molecule has 130 valence electrons. The largest absolute Gasteiger partial charge is 0.495 e. The summed E-state index contributed by atoms with van der Waals surface area (Å²) >= 11 is 12.1. The lowest BCUT2D eigenvalue weighted by Gasteiger charge is -2.19. The standard InChI is InChI=1S/C18H15Cl2NO4/c1-23-16-8-14(17(24-2)7-13(16)20)21-18(22)11-5-10-6-12(19)3-4-15(10)25-9-11/h3-8H,9H2,1-2H3,(H,21,22). The van der Waals surface area contributed by atoms with Gasteiger partial charge in [-0.3, -0.25) is 4.79 Å². The van der Waals surface area contributed by atoms with Crippen molar-refractivity contribution in [2.24, 2.45) is 0 Å². The maximum Gasteiger partial charge on any atom is 0.255 e. The number of hydrogen-bond donors (Lipinski definition) is 1. The van der Waals surface area contributed by atoms with Gasteiger partial charge in [-0.1, -0.05) is 23.2 Å². The van der Waals surface area contributed by atoms with Crippen LogP contribution in [0.5, 0.6) is 17.2 Å². The fourth-order valence-electron chi connectivity index (χ4n) is 2.44. The highest BCUT2D eigenvalue weighted by Crippen LogP contribution is 2.36. The van der Waals surface area contributed by atoms with Gasteiger partial charge in [-0.2, -0.15) is 0 Å². The number of methoxy groups -OCH3 is 2. The number of hydrogen-bond acceptors (Lipinski definition) is 4. The Hall–Kier alpha value is -2.37. The van der Waals surface area contributed by atoms with Crippen molar-refractivity contribution in [2.75, 3.05) is 26.1 Å². The zero-order valence-electron chi connectivity index (χ0n) is 13.6. The van der Waals surface area contributed by atoms with Gasteiger partial charge in [0.25, 0.3) is 5.91 Å². The molecular weight excluding hydrogens is 365 g/mol. The maximum absolute atomic E-state index is 12.6. The number of nitrogens with one attached hydrogen (secondary N) is 1. The van der Waals surface area contributed by atoms with E-state index in [1.54, 1.807) is 36.4 Å². The van der Waals surface area contributed by atoms with Crippen LogP contribution < -0.4 is 19.5 Å². The Morgan fingerprint density at radius 3 is 2.60 bits per heavy atom. The van der Waals surface area contributed by atoms with E-state index >= 15 is 0 Å². The molecule has 0 fully saturated rings. The lowest BCUT2D eigenvalue weighted by molar-refractivity contribution is -0.113. The van der Waals surface area contributed by atoms with E-state index in [1.807, 2.05) is 0 Å². The van der Waals surface area contributed by atoms with Crippen LogP contribution in [0.25, 0.3) is 6.08 Å². The van der Waals surface area contributed by atoms with Crippen molar-refractivity contribution in [2.45, 2.75) is 0 Å². The van der Waals surface area contributed by atoms with Crippen LogP contribution in [-0.4, -0.2) is 26.7 Å². The van der Waals surface area contributed by atoms with Crippen molar-refractivity contribution in [1.29, 1.82) is 0 Å². The zero-order valence-corrected chi connectivity index (χ0v) is 15.1. The topological polar surface area (TPSA) is 56.8 Å². The molecule has 7 heteroatoms. The molecule has 0 bridgehead atoms. The number of amides is 1. The lowest BCUT2D eigenvalue weighted by Crippen LogP contribution is -2.21. The summed E-state index contributed by atoms with van der Waals surface area (Å²) in [6.07, 6.45) is 1.75. The smallest absolute Gasteiger partial charge is 0.255 e. The van der Waals surface area contributed by atoms with Crippen LogP contribution >= 0.6 is 23.2 Å². The molecule has 0 unspecified atom stereocenters. The van der Waals surface area contributed by atoms with E-state index < -0.39 is 0 Å². The Kier molecular flexibility index (Phi) is 5.06. The molecule has 1 aliphatic heterocycles. The van der Waals surface area contributed by atoms with Gasteiger partial charge in [0, 0.05) is 22.7 Å². The van der Waals surface area contributed by atoms with E-state index in [1.165, 1.54) is 14.2 Å². The maximum atomic E-state index is 12.6. The van der Waals surface area contributed by atoms with Gasteiger partial charge in [-0.15, -0.1) is 0 Å². The van der Waals surface area contributed by atoms with Gasteiger partial charge in [0.1, 0.15) is 23.9 Å². The molecular formula is C18H15Cl2NO4. The molecule has 3 rings (SSSR count). The number of benzene rings is 2. The fourth-order valence-corrected chi connectivity index (χ4v) is 2.85. The summed E-state index contributed by atoms with van der Waals surface area (Å²) in [5.41, 5.74) is 1.67. The molecule has 1 aliphatic rings. The van der Waals surface area contributed by atoms with Crippen LogP contribution in [-0.2, 0) is 4.79 Å². The Labute approximate surface area is 155 Å². The molecule has 0 saturated carbocycles. The Balaban J connectivity index is 1.88. The number of fused-ring (bicyclic) bond motifs is 1. The van der Waals surface area contributed by atoms with Gasteiger partial charge in [-0.25, -0.2) is 0 Å². The first kappa shape index (κ1) is 17.5. The highest BCUT2D eigenvalue weighted by molar-refractivity contribution is 6.32. The minimum Gasteiger partial charge on any atom is -0.495 e. The second-order valence-electron chi connectivity index (χ2n) is 5.28. The van der Waals surface area contributed by atoms with Crippen molar-refractivity contribution in [3.63, 3.8) is 0 Å².